The maximum absolute atomic E-state index is 12.8. The van der Waals surface area contributed by atoms with Crippen LogP contribution >= 0.6 is 0 Å². The van der Waals surface area contributed by atoms with Crippen LogP contribution in [0.3, 0.4) is 0 Å². The van der Waals surface area contributed by atoms with Gasteiger partial charge in [-0.25, -0.2) is 0 Å². The number of carbonyl (C=O) groups is 1. The number of likely N-dealkylation sites (N-methyl/N-ethyl adjacent to an activating group) is 1. The molecule has 1 aromatic carbocycles. The quantitative estimate of drug-likeness (QED) is 0.871. The molecule has 0 bridgehead atoms. The number of carbonyl (C=O) groups excluding carboxylic acids is 1. The van der Waals surface area contributed by atoms with Crippen molar-refractivity contribution in [3.8, 4) is 0 Å². The van der Waals surface area contributed by atoms with Crippen LogP contribution in [0.5, 0.6) is 0 Å². The van der Waals surface area contributed by atoms with Crippen molar-refractivity contribution in [3.05, 3.63) is 47.3 Å². The van der Waals surface area contributed by atoms with Gasteiger partial charge in [0.05, 0.1) is 12.6 Å². The van der Waals surface area contributed by atoms with Crippen LogP contribution in [0.15, 0.2) is 35.1 Å². The lowest BCUT2D eigenvalue weighted by Crippen LogP contribution is -2.42. The second-order valence-corrected chi connectivity index (χ2v) is 6.30. The lowest BCUT2D eigenvalue weighted by molar-refractivity contribution is -0.120. The minimum Gasteiger partial charge on any atom is -0.364 e. The van der Waals surface area contributed by atoms with E-state index in [-0.39, 0.29) is 11.9 Å². The molecule has 0 saturated carbocycles. The SMILES string of the molecule is Cc1ccc2c(c1)CCCN2C(=O)CN(C)[C@@H](C)c1ccon1. The van der Waals surface area contributed by atoms with Gasteiger partial charge in [0, 0.05) is 18.3 Å². The highest BCUT2D eigenvalue weighted by atomic mass is 16.5. The summed E-state index contributed by atoms with van der Waals surface area (Å²) >= 11 is 0. The first-order valence-corrected chi connectivity index (χ1v) is 8.06. The van der Waals surface area contributed by atoms with Gasteiger partial charge in [0.25, 0.3) is 0 Å². The summed E-state index contributed by atoms with van der Waals surface area (Å²) in [5, 5.41) is 3.96. The van der Waals surface area contributed by atoms with Crippen LogP contribution in [0, 0.1) is 6.92 Å². The molecule has 1 atom stereocenters. The Morgan fingerprint density at radius 2 is 2.26 bits per heavy atom. The Morgan fingerprint density at radius 3 is 3.00 bits per heavy atom. The molecule has 0 saturated heterocycles. The van der Waals surface area contributed by atoms with E-state index in [1.54, 1.807) is 6.26 Å². The third-order valence-corrected chi connectivity index (χ3v) is 4.59. The molecule has 1 aliphatic rings. The van der Waals surface area contributed by atoms with Crippen molar-refractivity contribution < 1.29 is 9.32 Å². The number of fused-ring (bicyclic) bond motifs is 1. The number of rotatable bonds is 4. The summed E-state index contributed by atoms with van der Waals surface area (Å²) in [6.07, 6.45) is 3.63. The second-order valence-electron chi connectivity index (χ2n) is 6.30. The molecular formula is C18H23N3O2. The molecule has 0 N–H and O–H groups in total. The number of anilines is 1. The van der Waals surface area contributed by atoms with Crippen molar-refractivity contribution in [2.45, 2.75) is 32.7 Å². The summed E-state index contributed by atoms with van der Waals surface area (Å²) in [6.45, 7) is 5.27. The van der Waals surface area contributed by atoms with E-state index in [2.05, 4.69) is 30.3 Å². The van der Waals surface area contributed by atoms with Gasteiger partial charge < -0.3 is 9.42 Å². The minimum atomic E-state index is 0.0416. The van der Waals surface area contributed by atoms with Gasteiger partial charge in [0.2, 0.25) is 5.91 Å². The van der Waals surface area contributed by atoms with Crippen LogP contribution in [0.2, 0.25) is 0 Å². The zero-order valence-corrected chi connectivity index (χ0v) is 14.0. The Kier molecular flexibility index (Phi) is 4.48. The van der Waals surface area contributed by atoms with Crippen molar-refractivity contribution in [1.29, 1.82) is 0 Å². The first kappa shape index (κ1) is 15.7. The van der Waals surface area contributed by atoms with Gasteiger partial charge in [-0.15, -0.1) is 0 Å². The molecule has 23 heavy (non-hydrogen) atoms. The Morgan fingerprint density at radius 1 is 1.43 bits per heavy atom. The van der Waals surface area contributed by atoms with Gasteiger partial charge in [-0.3, -0.25) is 9.69 Å². The summed E-state index contributed by atoms with van der Waals surface area (Å²) in [6, 6.07) is 8.22. The van der Waals surface area contributed by atoms with Gasteiger partial charge in [-0.1, -0.05) is 22.9 Å². The molecular weight excluding hydrogens is 290 g/mol. The van der Waals surface area contributed by atoms with E-state index in [0.29, 0.717) is 6.54 Å². The smallest absolute Gasteiger partial charge is 0.241 e. The molecule has 3 rings (SSSR count). The summed E-state index contributed by atoms with van der Waals surface area (Å²) in [5.74, 6) is 0.132. The summed E-state index contributed by atoms with van der Waals surface area (Å²) < 4.78 is 4.89. The number of benzene rings is 1. The van der Waals surface area contributed by atoms with E-state index in [0.717, 1.165) is 30.8 Å². The van der Waals surface area contributed by atoms with Crippen molar-refractivity contribution in [3.63, 3.8) is 0 Å². The van der Waals surface area contributed by atoms with Gasteiger partial charge in [-0.05, 0) is 45.4 Å². The Balaban J connectivity index is 1.72. The van der Waals surface area contributed by atoms with E-state index < -0.39 is 0 Å². The average molecular weight is 313 g/mol. The third kappa shape index (κ3) is 3.29. The maximum Gasteiger partial charge on any atom is 0.241 e. The Bertz CT molecular complexity index is 682. The minimum absolute atomic E-state index is 0.0416. The number of hydrogen-bond acceptors (Lipinski definition) is 4. The van der Waals surface area contributed by atoms with Crippen molar-refractivity contribution in [1.82, 2.24) is 10.1 Å². The van der Waals surface area contributed by atoms with E-state index in [9.17, 15) is 4.79 Å². The normalized spacial score (nSPS) is 15.6. The van der Waals surface area contributed by atoms with Gasteiger partial charge in [-0.2, -0.15) is 0 Å². The summed E-state index contributed by atoms with van der Waals surface area (Å²) in [5.41, 5.74) is 4.43. The van der Waals surface area contributed by atoms with Crippen LogP contribution in [0.1, 0.15) is 36.2 Å². The monoisotopic (exact) mass is 313 g/mol. The average Bonchev–Trinajstić information content (AvgIpc) is 3.07. The fourth-order valence-corrected chi connectivity index (χ4v) is 3.08. The van der Waals surface area contributed by atoms with E-state index in [1.807, 2.05) is 29.8 Å². The van der Waals surface area contributed by atoms with Gasteiger partial charge in [0.1, 0.15) is 12.0 Å². The molecule has 0 radical (unpaired) electrons. The number of aromatic nitrogens is 1. The van der Waals surface area contributed by atoms with Crippen molar-refractivity contribution in [2.75, 3.05) is 25.0 Å². The van der Waals surface area contributed by atoms with Crippen LogP contribution < -0.4 is 4.90 Å². The molecule has 1 aliphatic heterocycles. The summed E-state index contributed by atoms with van der Waals surface area (Å²) in [7, 11) is 1.94. The highest BCUT2D eigenvalue weighted by molar-refractivity contribution is 5.96. The lowest BCUT2D eigenvalue weighted by Gasteiger charge is -2.32. The maximum atomic E-state index is 12.8. The molecule has 1 aromatic heterocycles. The molecule has 1 amide bonds. The standard InChI is InChI=1S/C18H23N3O2/c1-13-6-7-17-15(11-13)5-4-9-21(17)18(22)12-20(3)14(2)16-8-10-23-19-16/h6-8,10-11,14H,4-5,9,12H2,1-3H3/t14-/m0/s1. The van der Waals surface area contributed by atoms with Crippen LogP contribution in [-0.4, -0.2) is 36.1 Å². The number of aryl methyl sites for hydroxylation is 2. The first-order chi connectivity index (χ1) is 11.1. The van der Waals surface area contributed by atoms with Crippen LogP contribution in [-0.2, 0) is 11.2 Å². The number of nitrogens with zero attached hydrogens (tertiary/aromatic N) is 3. The predicted octanol–water partition coefficient (Wildman–Crippen LogP) is 2.96. The van der Waals surface area contributed by atoms with Gasteiger partial charge in [0.15, 0.2) is 0 Å². The van der Waals surface area contributed by atoms with Crippen LogP contribution in [0.25, 0.3) is 0 Å². The van der Waals surface area contributed by atoms with Crippen LogP contribution in [0.4, 0.5) is 5.69 Å². The van der Waals surface area contributed by atoms with Crippen molar-refractivity contribution >= 4 is 11.6 Å². The molecule has 0 unspecified atom stereocenters. The molecule has 0 aliphatic carbocycles. The highest BCUT2D eigenvalue weighted by Gasteiger charge is 2.25. The molecule has 2 heterocycles. The molecule has 0 fully saturated rings. The largest absolute Gasteiger partial charge is 0.364 e. The molecule has 0 spiro atoms. The number of hydrogen-bond donors (Lipinski definition) is 0. The summed E-state index contributed by atoms with van der Waals surface area (Å²) in [4.78, 5) is 16.7. The topological polar surface area (TPSA) is 49.6 Å². The fourth-order valence-electron chi connectivity index (χ4n) is 3.08. The fraction of sp³-hybridized carbons (Fsp3) is 0.444. The third-order valence-electron chi connectivity index (χ3n) is 4.59. The van der Waals surface area contributed by atoms with E-state index >= 15 is 0 Å². The molecule has 5 heteroatoms. The Hall–Kier alpha value is -2.14. The highest BCUT2D eigenvalue weighted by Crippen LogP contribution is 2.28. The predicted molar refractivity (Wildman–Crippen MR) is 89.4 cm³/mol. The van der Waals surface area contributed by atoms with Gasteiger partial charge >= 0.3 is 0 Å². The zero-order valence-electron chi connectivity index (χ0n) is 14.0. The molecule has 2 aromatic rings. The van der Waals surface area contributed by atoms with E-state index in [1.165, 1.54) is 11.1 Å². The number of amides is 1. The lowest BCUT2D eigenvalue weighted by atomic mass is 9.99. The Labute approximate surface area is 136 Å². The van der Waals surface area contributed by atoms with Crippen molar-refractivity contribution in [2.24, 2.45) is 0 Å². The molecule has 5 nitrogen and oxygen atoms in total. The molecule has 122 valence electrons. The second kappa shape index (κ2) is 6.54. The zero-order chi connectivity index (χ0) is 16.4. The van der Waals surface area contributed by atoms with E-state index in [4.69, 9.17) is 4.52 Å². The first-order valence-electron chi connectivity index (χ1n) is 8.06.